The molecular weight excluding hydrogens is 292 g/mol. The highest BCUT2D eigenvalue weighted by atomic mass is 16.2. The molecule has 2 N–H and O–H groups in total. The van der Waals surface area contributed by atoms with Crippen LogP contribution < -0.4 is 5.73 Å². The van der Waals surface area contributed by atoms with Crippen molar-refractivity contribution in [2.24, 2.45) is 11.1 Å². The van der Waals surface area contributed by atoms with E-state index < -0.39 is 0 Å². The fourth-order valence-corrected chi connectivity index (χ4v) is 3.84. The summed E-state index contributed by atoms with van der Waals surface area (Å²) in [6, 6.07) is 3.88. The number of amides is 2. The van der Waals surface area contributed by atoms with E-state index in [4.69, 9.17) is 5.73 Å². The van der Waals surface area contributed by atoms with Crippen LogP contribution in [0.3, 0.4) is 0 Å². The summed E-state index contributed by atoms with van der Waals surface area (Å²) in [6.45, 7) is 2.89. The Hall–Kier alpha value is -1.95. The Bertz CT molecular complexity index is 577. The van der Waals surface area contributed by atoms with Gasteiger partial charge in [-0.3, -0.25) is 14.6 Å². The van der Waals surface area contributed by atoms with Crippen molar-refractivity contribution in [3.63, 3.8) is 0 Å². The molecule has 1 atom stereocenters. The zero-order valence-electron chi connectivity index (χ0n) is 13.4. The van der Waals surface area contributed by atoms with E-state index >= 15 is 0 Å². The lowest BCUT2D eigenvalue weighted by molar-refractivity contribution is -0.143. The van der Waals surface area contributed by atoms with Gasteiger partial charge in [-0.15, -0.1) is 0 Å². The topological polar surface area (TPSA) is 79.5 Å². The first-order valence-corrected chi connectivity index (χ1v) is 8.26. The number of piperidine rings is 2. The molecule has 2 aliphatic rings. The summed E-state index contributed by atoms with van der Waals surface area (Å²) in [4.78, 5) is 32.2. The molecule has 0 radical (unpaired) electrons. The number of hydrogen-bond donors (Lipinski definition) is 1. The van der Waals surface area contributed by atoms with Gasteiger partial charge in [-0.2, -0.15) is 0 Å². The van der Waals surface area contributed by atoms with Crippen LogP contribution in [0.25, 0.3) is 0 Å². The Labute approximate surface area is 136 Å². The molecule has 1 spiro atoms. The molecule has 6 nitrogen and oxygen atoms in total. The summed E-state index contributed by atoms with van der Waals surface area (Å²) >= 11 is 0. The number of nitrogens with two attached hydrogens (primary N) is 1. The second-order valence-electron chi connectivity index (χ2n) is 6.73. The molecule has 23 heavy (non-hydrogen) atoms. The number of aromatic nitrogens is 1. The average Bonchev–Trinajstić information content (AvgIpc) is 2.59. The third-order valence-corrected chi connectivity index (χ3v) is 5.03. The van der Waals surface area contributed by atoms with Crippen LogP contribution in [0.4, 0.5) is 0 Å². The smallest absolute Gasteiger partial charge is 0.236 e. The number of likely N-dealkylation sites (tertiary alicyclic amines) is 2. The van der Waals surface area contributed by atoms with E-state index in [0.29, 0.717) is 13.0 Å². The molecule has 2 aliphatic heterocycles. The fourth-order valence-electron chi connectivity index (χ4n) is 3.84. The third-order valence-electron chi connectivity index (χ3n) is 5.03. The SMILES string of the molecule is NCC(=O)N1CCC[C@]2(CCC(=O)N(Cc3cccnc3)C2)C1. The lowest BCUT2D eigenvalue weighted by Gasteiger charge is -2.48. The molecule has 0 unspecified atom stereocenters. The summed E-state index contributed by atoms with van der Waals surface area (Å²) in [7, 11) is 0. The van der Waals surface area contributed by atoms with Crippen LogP contribution in [0.2, 0.25) is 0 Å². The van der Waals surface area contributed by atoms with Gasteiger partial charge in [-0.25, -0.2) is 0 Å². The van der Waals surface area contributed by atoms with Crippen molar-refractivity contribution in [2.45, 2.75) is 32.2 Å². The Balaban J connectivity index is 1.71. The molecule has 0 aromatic carbocycles. The Morgan fingerprint density at radius 1 is 1.35 bits per heavy atom. The zero-order chi connectivity index (χ0) is 16.3. The minimum absolute atomic E-state index is 0.0137. The largest absolute Gasteiger partial charge is 0.341 e. The number of carbonyl (C=O) groups excluding carboxylic acids is 2. The number of carbonyl (C=O) groups is 2. The van der Waals surface area contributed by atoms with Crippen LogP contribution >= 0.6 is 0 Å². The predicted molar refractivity (Wildman–Crippen MR) is 86.2 cm³/mol. The minimum Gasteiger partial charge on any atom is -0.341 e. The summed E-state index contributed by atoms with van der Waals surface area (Å²) in [5, 5.41) is 0. The van der Waals surface area contributed by atoms with Gasteiger partial charge in [0.1, 0.15) is 0 Å². The highest BCUT2D eigenvalue weighted by molar-refractivity contribution is 5.79. The summed E-state index contributed by atoms with van der Waals surface area (Å²) < 4.78 is 0. The molecule has 0 bridgehead atoms. The van der Waals surface area contributed by atoms with E-state index in [2.05, 4.69) is 4.98 Å². The molecule has 3 rings (SSSR count). The number of nitrogens with zero attached hydrogens (tertiary/aromatic N) is 3. The summed E-state index contributed by atoms with van der Waals surface area (Å²) in [5.41, 5.74) is 6.58. The van der Waals surface area contributed by atoms with Crippen molar-refractivity contribution < 1.29 is 9.59 Å². The van der Waals surface area contributed by atoms with Crippen molar-refractivity contribution >= 4 is 11.8 Å². The maximum atomic E-state index is 12.3. The zero-order valence-corrected chi connectivity index (χ0v) is 13.4. The van der Waals surface area contributed by atoms with Gasteiger partial charge in [-0.1, -0.05) is 6.07 Å². The molecule has 6 heteroatoms. The van der Waals surface area contributed by atoms with Crippen molar-refractivity contribution in [2.75, 3.05) is 26.2 Å². The van der Waals surface area contributed by atoms with Crippen LogP contribution in [0.1, 0.15) is 31.2 Å². The molecule has 1 aromatic heterocycles. The Morgan fingerprint density at radius 2 is 2.22 bits per heavy atom. The normalized spacial score (nSPS) is 25.0. The van der Waals surface area contributed by atoms with Gasteiger partial charge >= 0.3 is 0 Å². The Kier molecular flexibility index (Phi) is 4.61. The maximum absolute atomic E-state index is 12.3. The van der Waals surface area contributed by atoms with E-state index in [1.54, 1.807) is 12.4 Å². The first-order chi connectivity index (χ1) is 11.1. The van der Waals surface area contributed by atoms with Crippen LogP contribution in [0.15, 0.2) is 24.5 Å². The van der Waals surface area contributed by atoms with Gasteiger partial charge in [0, 0.05) is 50.4 Å². The molecule has 0 saturated carbocycles. The number of hydrogen-bond acceptors (Lipinski definition) is 4. The first-order valence-electron chi connectivity index (χ1n) is 8.26. The van der Waals surface area contributed by atoms with E-state index in [9.17, 15) is 9.59 Å². The quantitative estimate of drug-likeness (QED) is 0.893. The summed E-state index contributed by atoms with van der Waals surface area (Å²) in [6.07, 6.45) is 7.02. The third kappa shape index (κ3) is 3.52. The van der Waals surface area contributed by atoms with Gasteiger partial charge in [0.25, 0.3) is 0 Å². The molecule has 124 valence electrons. The Morgan fingerprint density at radius 3 is 2.96 bits per heavy atom. The van der Waals surface area contributed by atoms with Gasteiger partial charge < -0.3 is 15.5 Å². The van der Waals surface area contributed by atoms with Crippen molar-refractivity contribution in [3.8, 4) is 0 Å². The number of rotatable bonds is 3. The lowest BCUT2D eigenvalue weighted by Crippen LogP contribution is -2.55. The first kappa shape index (κ1) is 15.9. The highest BCUT2D eigenvalue weighted by Crippen LogP contribution is 2.39. The fraction of sp³-hybridized carbons (Fsp3) is 0.588. The van der Waals surface area contributed by atoms with Gasteiger partial charge in [0.05, 0.1) is 6.54 Å². The molecule has 2 fully saturated rings. The van der Waals surface area contributed by atoms with Gasteiger partial charge in [0.2, 0.25) is 11.8 Å². The second-order valence-corrected chi connectivity index (χ2v) is 6.73. The molecule has 2 amide bonds. The average molecular weight is 316 g/mol. The molecule has 2 saturated heterocycles. The maximum Gasteiger partial charge on any atom is 0.236 e. The summed E-state index contributed by atoms with van der Waals surface area (Å²) in [5.74, 6) is 0.210. The molecule has 3 heterocycles. The number of pyridine rings is 1. The predicted octanol–water partition coefficient (Wildman–Crippen LogP) is 0.772. The monoisotopic (exact) mass is 316 g/mol. The van der Waals surface area contributed by atoms with Crippen LogP contribution in [-0.4, -0.2) is 52.8 Å². The molecule has 0 aliphatic carbocycles. The molecule has 1 aromatic rings. The van der Waals surface area contributed by atoms with Crippen LogP contribution in [-0.2, 0) is 16.1 Å². The van der Waals surface area contributed by atoms with Gasteiger partial charge in [-0.05, 0) is 30.9 Å². The van der Waals surface area contributed by atoms with Crippen molar-refractivity contribution in [1.29, 1.82) is 0 Å². The van der Waals surface area contributed by atoms with Gasteiger partial charge in [0.15, 0.2) is 0 Å². The highest BCUT2D eigenvalue weighted by Gasteiger charge is 2.42. The van der Waals surface area contributed by atoms with E-state index in [1.807, 2.05) is 21.9 Å². The van der Waals surface area contributed by atoms with E-state index in [1.165, 1.54) is 0 Å². The van der Waals surface area contributed by atoms with Crippen LogP contribution in [0.5, 0.6) is 0 Å². The lowest BCUT2D eigenvalue weighted by atomic mass is 9.73. The van der Waals surface area contributed by atoms with Crippen molar-refractivity contribution in [1.82, 2.24) is 14.8 Å². The van der Waals surface area contributed by atoms with Crippen molar-refractivity contribution in [3.05, 3.63) is 30.1 Å². The van der Waals surface area contributed by atoms with Crippen LogP contribution in [0, 0.1) is 5.41 Å². The second kappa shape index (κ2) is 6.66. The van der Waals surface area contributed by atoms with E-state index in [-0.39, 0.29) is 23.8 Å². The minimum atomic E-state index is 0.0137. The molecular formula is C17H24N4O2. The standard InChI is InChI=1S/C17H24N4O2/c18-9-16(23)20-8-2-5-17(12-20)6-4-15(22)21(13-17)11-14-3-1-7-19-10-14/h1,3,7,10H,2,4-6,8-9,11-13,18H2/t17-/m0/s1. The van der Waals surface area contributed by atoms with E-state index in [0.717, 1.165) is 44.5 Å².